The van der Waals surface area contributed by atoms with Gasteiger partial charge in [-0.05, 0) is 74.8 Å². The number of nitrogens with zero attached hydrogens (tertiary/aromatic N) is 5. The van der Waals surface area contributed by atoms with Gasteiger partial charge in [-0.2, -0.15) is 0 Å². The van der Waals surface area contributed by atoms with Crippen molar-refractivity contribution in [1.82, 2.24) is 45.9 Å². The molecule has 2 saturated heterocycles. The molecule has 4 aliphatic rings. The van der Waals surface area contributed by atoms with E-state index in [2.05, 4.69) is 32.3 Å². The number of nitrogens with one attached hydrogen (secondary N) is 4. The van der Waals surface area contributed by atoms with E-state index in [1.807, 2.05) is 28.0 Å². The summed E-state index contributed by atoms with van der Waals surface area (Å²) in [7, 11) is 3.25. The number of carbonyl (C=O) groups is 4. The monoisotopic (exact) mass is 773 g/mol. The molecule has 4 aromatic rings. The lowest BCUT2D eigenvalue weighted by Crippen LogP contribution is -2.56. The van der Waals surface area contributed by atoms with Gasteiger partial charge in [0.1, 0.15) is 16.9 Å². The number of rotatable bonds is 9. The topological polar surface area (TPSA) is 169 Å². The van der Waals surface area contributed by atoms with Crippen LogP contribution in [0, 0.1) is 0 Å². The number of hydrogen-bond acceptors (Lipinski definition) is 7. The van der Waals surface area contributed by atoms with Crippen molar-refractivity contribution in [2.45, 2.75) is 88.1 Å². The maximum Gasteiger partial charge on any atom is 0.318 e. The van der Waals surface area contributed by atoms with Crippen LogP contribution < -0.4 is 21.3 Å². The summed E-state index contributed by atoms with van der Waals surface area (Å²) >= 11 is 6.12. The molecular formula is C39H48ClN9O6. The quantitative estimate of drug-likeness (QED) is 0.172. The van der Waals surface area contributed by atoms with E-state index in [0.717, 1.165) is 61.5 Å². The van der Waals surface area contributed by atoms with E-state index in [4.69, 9.17) is 20.4 Å². The second kappa shape index (κ2) is 15.5. The molecule has 8 rings (SSSR count). The van der Waals surface area contributed by atoms with E-state index < -0.39 is 0 Å². The summed E-state index contributed by atoms with van der Waals surface area (Å²) in [5, 5.41) is 13.0. The molecule has 2 unspecified atom stereocenters. The van der Waals surface area contributed by atoms with Crippen LogP contribution in [0.3, 0.4) is 0 Å². The lowest BCUT2D eigenvalue weighted by Gasteiger charge is -2.39. The average Bonchev–Trinajstić information content (AvgIpc) is 4.11. The van der Waals surface area contributed by atoms with Crippen molar-refractivity contribution in [2.75, 3.05) is 40.3 Å². The molecule has 4 atom stereocenters. The SMILES string of the molecule is CNC(=O)N1CCC[C@@H](N(C(=O)NCc2cc3ccc(C4CC4N(C(=O)NCc4nc5ccc(Cl)cc5o4)[C@@H]4CCCN(C(=O)NC)C4)cc3o2)C2CC2)C1. The van der Waals surface area contributed by atoms with E-state index >= 15 is 0 Å². The van der Waals surface area contributed by atoms with E-state index in [-0.39, 0.29) is 67.3 Å². The Morgan fingerprint density at radius 1 is 0.782 bits per heavy atom. The number of aromatic nitrogens is 1. The molecule has 2 aromatic heterocycles. The predicted octanol–water partition coefficient (Wildman–Crippen LogP) is 5.58. The molecule has 4 N–H and O–H groups in total. The number of benzene rings is 2. The fourth-order valence-electron chi connectivity index (χ4n) is 8.40. The molecule has 2 aliphatic carbocycles. The van der Waals surface area contributed by atoms with Gasteiger partial charge in [0.05, 0.1) is 25.2 Å². The number of hydrogen-bond donors (Lipinski definition) is 4. The highest BCUT2D eigenvalue weighted by atomic mass is 35.5. The van der Waals surface area contributed by atoms with Crippen molar-refractivity contribution >= 4 is 57.8 Å². The van der Waals surface area contributed by atoms with Crippen LogP contribution in [-0.4, -0.2) is 113 Å². The van der Waals surface area contributed by atoms with Crippen LogP contribution in [0.2, 0.25) is 5.02 Å². The van der Waals surface area contributed by atoms with Gasteiger partial charge in [-0.15, -0.1) is 0 Å². The summed E-state index contributed by atoms with van der Waals surface area (Å²) in [5.74, 6) is 1.12. The van der Waals surface area contributed by atoms with E-state index in [1.165, 1.54) is 0 Å². The second-order valence-corrected chi connectivity index (χ2v) is 15.5. The maximum absolute atomic E-state index is 14.0. The second-order valence-electron chi connectivity index (χ2n) is 15.1. The molecule has 16 heteroatoms. The van der Waals surface area contributed by atoms with Crippen molar-refractivity contribution in [3.63, 3.8) is 0 Å². The van der Waals surface area contributed by atoms with Crippen LogP contribution in [0.5, 0.6) is 0 Å². The third kappa shape index (κ3) is 7.98. The number of halogens is 1. The molecule has 55 heavy (non-hydrogen) atoms. The van der Waals surface area contributed by atoms with Crippen LogP contribution in [-0.2, 0) is 13.1 Å². The highest BCUT2D eigenvalue weighted by Gasteiger charge is 2.48. The number of carbonyl (C=O) groups excluding carboxylic acids is 4. The molecule has 15 nitrogen and oxygen atoms in total. The van der Waals surface area contributed by atoms with E-state index in [0.29, 0.717) is 54.0 Å². The van der Waals surface area contributed by atoms with Crippen LogP contribution >= 0.6 is 11.6 Å². The Kier molecular flexibility index (Phi) is 10.4. The van der Waals surface area contributed by atoms with Crippen LogP contribution in [0.4, 0.5) is 19.2 Å². The molecule has 2 aliphatic heterocycles. The van der Waals surface area contributed by atoms with Crippen LogP contribution in [0.1, 0.15) is 68.1 Å². The van der Waals surface area contributed by atoms with Gasteiger partial charge < -0.3 is 49.7 Å². The number of likely N-dealkylation sites (tertiary alicyclic amines) is 2. The third-order valence-corrected chi connectivity index (χ3v) is 11.6. The van der Waals surface area contributed by atoms with Gasteiger partial charge in [-0.1, -0.05) is 23.7 Å². The van der Waals surface area contributed by atoms with Gasteiger partial charge in [0.2, 0.25) is 5.89 Å². The Labute approximate surface area is 324 Å². The Morgan fingerprint density at radius 2 is 1.45 bits per heavy atom. The zero-order valence-electron chi connectivity index (χ0n) is 31.2. The average molecular weight is 774 g/mol. The first kappa shape index (κ1) is 36.8. The van der Waals surface area contributed by atoms with Gasteiger partial charge in [0.25, 0.3) is 0 Å². The third-order valence-electron chi connectivity index (χ3n) is 11.3. The van der Waals surface area contributed by atoms with Gasteiger partial charge in [0.15, 0.2) is 5.58 Å². The fraction of sp³-hybridized carbons (Fsp3) is 0.513. The number of fused-ring (bicyclic) bond motifs is 2. The molecule has 292 valence electrons. The van der Waals surface area contributed by atoms with Crippen molar-refractivity contribution in [3.8, 4) is 0 Å². The number of urea groups is 4. The number of oxazole rings is 1. The maximum atomic E-state index is 14.0. The molecule has 0 bridgehead atoms. The summed E-state index contributed by atoms with van der Waals surface area (Å²) in [4.78, 5) is 64.4. The fourth-order valence-corrected chi connectivity index (χ4v) is 8.57. The Bertz CT molecular complexity index is 2080. The van der Waals surface area contributed by atoms with Crippen molar-refractivity contribution in [1.29, 1.82) is 0 Å². The van der Waals surface area contributed by atoms with Crippen molar-refractivity contribution in [3.05, 3.63) is 64.7 Å². The van der Waals surface area contributed by atoms with Gasteiger partial charge in [0, 0.05) is 74.8 Å². The van der Waals surface area contributed by atoms with Crippen LogP contribution in [0.25, 0.3) is 22.1 Å². The normalized spacial score (nSPS) is 22.3. The molecule has 0 radical (unpaired) electrons. The first-order valence-electron chi connectivity index (χ1n) is 19.3. The number of amides is 8. The van der Waals surface area contributed by atoms with Gasteiger partial charge in [-0.25, -0.2) is 24.2 Å². The van der Waals surface area contributed by atoms with Crippen molar-refractivity contribution < 1.29 is 28.0 Å². The lowest BCUT2D eigenvalue weighted by atomic mass is 10.0. The minimum atomic E-state index is -0.233. The number of piperidine rings is 2. The largest absolute Gasteiger partial charge is 0.459 e. The van der Waals surface area contributed by atoms with Crippen molar-refractivity contribution in [2.24, 2.45) is 0 Å². The molecule has 2 aromatic carbocycles. The molecule has 8 amide bonds. The summed E-state index contributed by atoms with van der Waals surface area (Å²) in [5.41, 5.74) is 3.00. The molecular weight excluding hydrogens is 726 g/mol. The number of furan rings is 1. The highest BCUT2D eigenvalue weighted by molar-refractivity contribution is 6.31. The standard InChI is InChI=1S/C39H48ClN9O6/c1-41-36(50)46-13-3-5-27(21-46)48(26-10-11-26)38(52)43-19-29-15-24-8-7-23(16-33(24)54-29)30-18-32(30)49(28-6-4-14-47(22-28)37(51)42-2)39(53)44-20-35-45-31-12-9-25(40)17-34(31)55-35/h7-9,12,15-17,26-28,30,32H,3-6,10-11,13-14,18-22H2,1-2H3,(H,41,50)(H,42,51)(H,43,52)(H,44,53)/t27-,28-,30?,32?/m1/s1. The Morgan fingerprint density at radius 3 is 2.15 bits per heavy atom. The summed E-state index contributed by atoms with van der Waals surface area (Å²) in [6, 6.07) is 12.6. The summed E-state index contributed by atoms with van der Waals surface area (Å²) in [6.07, 6.45) is 6.01. The first-order chi connectivity index (χ1) is 26.7. The first-order valence-corrected chi connectivity index (χ1v) is 19.7. The predicted molar refractivity (Wildman–Crippen MR) is 206 cm³/mol. The van der Waals surface area contributed by atoms with Crippen LogP contribution in [0.15, 0.2) is 51.3 Å². The molecule has 2 saturated carbocycles. The Balaban J connectivity index is 0.939. The summed E-state index contributed by atoms with van der Waals surface area (Å²) < 4.78 is 12.1. The molecule has 4 heterocycles. The molecule has 0 spiro atoms. The smallest absolute Gasteiger partial charge is 0.318 e. The minimum absolute atomic E-state index is 0.0213. The lowest BCUT2D eigenvalue weighted by molar-refractivity contribution is 0.114. The van der Waals surface area contributed by atoms with Gasteiger partial charge >= 0.3 is 24.1 Å². The van der Waals surface area contributed by atoms with E-state index in [1.54, 1.807) is 42.1 Å². The minimum Gasteiger partial charge on any atom is -0.459 e. The molecule has 4 fully saturated rings. The zero-order chi connectivity index (χ0) is 38.2. The zero-order valence-corrected chi connectivity index (χ0v) is 31.9. The van der Waals surface area contributed by atoms with Gasteiger partial charge in [-0.3, -0.25) is 0 Å². The highest BCUT2D eigenvalue weighted by Crippen LogP contribution is 2.47. The van der Waals surface area contributed by atoms with E-state index in [9.17, 15) is 19.2 Å². The Hall–Kier alpha value is -5.18. The summed E-state index contributed by atoms with van der Waals surface area (Å²) in [6.45, 7) is 2.65.